The predicted octanol–water partition coefficient (Wildman–Crippen LogP) is 3.02. The lowest BCUT2D eigenvalue weighted by atomic mass is 10.1. The summed E-state index contributed by atoms with van der Waals surface area (Å²) >= 11 is 0. The van der Waals surface area contributed by atoms with E-state index in [1.807, 2.05) is 30.3 Å². The lowest BCUT2D eigenvalue weighted by Gasteiger charge is -2.11. The van der Waals surface area contributed by atoms with Crippen LogP contribution in [0.15, 0.2) is 48.5 Å². The Morgan fingerprint density at radius 2 is 1.74 bits per heavy atom. The second-order valence-corrected chi connectivity index (χ2v) is 4.86. The topological polar surface area (TPSA) is 61.8 Å². The summed E-state index contributed by atoms with van der Waals surface area (Å²) in [6.45, 7) is 1.43. The fraction of sp³-hybridized carbons (Fsp3) is 0.222. The molecule has 0 unspecified atom stereocenters. The Balaban J connectivity index is 1.90. The third-order valence-electron chi connectivity index (χ3n) is 3.16. The first-order valence-corrected chi connectivity index (χ1v) is 7.11. The molecule has 0 aliphatic carbocycles. The van der Waals surface area contributed by atoms with Crippen LogP contribution in [0.3, 0.4) is 0 Å². The van der Waals surface area contributed by atoms with Crippen LogP contribution >= 0.6 is 0 Å². The SMILES string of the molecule is COc1cc(C(C)=O)ccc1OCC(=O)OCc1ccccc1. The first-order valence-electron chi connectivity index (χ1n) is 7.11. The Bertz CT molecular complexity index is 679. The van der Waals surface area contributed by atoms with Gasteiger partial charge < -0.3 is 14.2 Å². The Hall–Kier alpha value is -2.82. The van der Waals surface area contributed by atoms with Gasteiger partial charge in [0.2, 0.25) is 0 Å². The van der Waals surface area contributed by atoms with Gasteiger partial charge >= 0.3 is 5.97 Å². The second-order valence-electron chi connectivity index (χ2n) is 4.86. The molecule has 2 aromatic rings. The maximum Gasteiger partial charge on any atom is 0.344 e. The maximum absolute atomic E-state index is 11.7. The standard InChI is InChI=1S/C18H18O5/c1-13(19)15-8-9-16(17(10-15)21-2)22-12-18(20)23-11-14-6-4-3-5-7-14/h3-10H,11-12H2,1-2H3. The average Bonchev–Trinajstić information content (AvgIpc) is 2.58. The first-order chi connectivity index (χ1) is 11.1. The highest BCUT2D eigenvalue weighted by Gasteiger charge is 2.11. The number of ether oxygens (including phenoxy) is 3. The van der Waals surface area contributed by atoms with Gasteiger partial charge in [-0.2, -0.15) is 0 Å². The fourth-order valence-corrected chi connectivity index (χ4v) is 1.92. The predicted molar refractivity (Wildman–Crippen MR) is 84.7 cm³/mol. The highest BCUT2D eigenvalue weighted by atomic mass is 16.6. The number of carbonyl (C=O) groups excluding carboxylic acids is 2. The zero-order valence-electron chi connectivity index (χ0n) is 13.1. The Morgan fingerprint density at radius 3 is 2.39 bits per heavy atom. The van der Waals surface area contributed by atoms with Crippen LogP contribution < -0.4 is 9.47 Å². The van der Waals surface area contributed by atoms with Gasteiger partial charge in [-0.1, -0.05) is 30.3 Å². The summed E-state index contributed by atoms with van der Waals surface area (Å²) in [6, 6.07) is 14.2. The van der Waals surface area contributed by atoms with Gasteiger partial charge in [0, 0.05) is 5.56 Å². The molecule has 0 saturated heterocycles. The van der Waals surface area contributed by atoms with Crippen molar-refractivity contribution >= 4 is 11.8 Å². The summed E-state index contributed by atoms with van der Waals surface area (Å²) < 4.78 is 15.7. The number of rotatable bonds is 7. The molecule has 0 heterocycles. The highest BCUT2D eigenvalue weighted by Crippen LogP contribution is 2.28. The lowest BCUT2D eigenvalue weighted by molar-refractivity contribution is -0.147. The third kappa shape index (κ3) is 4.85. The van der Waals surface area contributed by atoms with Gasteiger partial charge in [-0.15, -0.1) is 0 Å². The quantitative estimate of drug-likeness (QED) is 0.581. The molecule has 0 aromatic heterocycles. The average molecular weight is 314 g/mol. The van der Waals surface area contributed by atoms with Crippen molar-refractivity contribution in [2.75, 3.05) is 13.7 Å². The van der Waals surface area contributed by atoms with Crippen molar-refractivity contribution in [2.24, 2.45) is 0 Å². The van der Waals surface area contributed by atoms with E-state index in [1.54, 1.807) is 18.2 Å². The van der Waals surface area contributed by atoms with E-state index in [0.29, 0.717) is 17.1 Å². The number of carbonyl (C=O) groups is 2. The smallest absolute Gasteiger partial charge is 0.344 e. The van der Waals surface area contributed by atoms with Gasteiger partial charge in [0.25, 0.3) is 0 Å². The van der Waals surface area contributed by atoms with E-state index in [0.717, 1.165) is 5.56 Å². The minimum Gasteiger partial charge on any atom is -0.493 e. The van der Waals surface area contributed by atoms with Crippen LogP contribution in [-0.4, -0.2) is 25.5 Å². The van der Waals surface area contributed by atoms with Crippen molar-refractivity contribution < 1.29 is 23.8 Å². The molecule has 0 aliphatic rings. The largest absolute Gasteiger partial charge is 0.493 e. The third-order valence-corrected chi connectivity index (χ3v) is 3.16. The monoisotopic (exact) mass is 314 g/mol. The van der Waals surface area contributed by atoms with Crippen LogP contribution in [0.4, 0.5) is 0 Å². The minimum atomic E-state index is -0.480. The van der Waals surface area contributed by atoms with E-state index < -0.39 is 5.97 Å². The summed E-state index contributed by atoms with van der Waals surface area (Å²) in [5.41, 5.74) is 1.42. The van der Waals surface area contributed by atoms with E-state index in [1.165, 1.54) is 14.0 Å². The van der Waals surface area contributed by atoms with Gasteiger partial charge in [0.05, 0.1) is 7.11 Å². The summed E-state index contributed by atoms with van der Waals surface area (Å²) in [6.07, 6.45) is 0. The van der Waals surface area contributed by atoms with Crippen molar-refractivity contribution in [2.45, 2.75) is 13.5 Å². The van der Waals surface area contributed by atoms with Crippen LogP contribution in [0.1, 0.15) is 22.8 Å². The molecule has 120 valence electrons. The maximum atomic E-state index is 11.7. The molecular formula is C18H18O5. The summed E-state index contributed by atoms with van der Waals surface area (Å²) in [5, 5.41) is 0. The lowest BCUT2D eigenvalue weighted by Crippen LogP contribution is -2.15. The Labute approximate surface area is 134 Å². The van der Waals surface area contributed by atoms with Crippen molar-refractivity contribution in [3.63, 3.8) is 0 Å². The summed E-state index contributed by atoms with van der Waals surface area (Å²) in [4.78, 5) is 23.1. The highest BCUT2D eigenvalue weighted by molar-refractivity contribution is 5.94. The number of hydrogen-bond acceptors (Lipinski definition) is 5. The van der Waals surface area contributed by atoms with Crippen molar-refractivity contribution in [3.8, 4) is 11.5 Å². The number of methoxy groups -OCH3 is 1. The molecule has 2 aromatic carbocycles. The minimum absolute atomic E-state index is 0.0721. The van der Waals surface area contributed by atoms with Crippen molar-refractivity contribution in [1.29, 1.82) is 0 Å². The fourth-order valence-electron chi connectivity index (χ4n) is 1.92. The second kappa shape index (κ2) is 7.98. The van der Waals surface area contributed by atoms with Gasteiger partial charge in [-0.3, -0.25) is 4.79 Å². The number of hydrogen-bond donors (Lipinski definition) is 0. The molecule has 23 heavy (non-hydrogen) atoms. The van der Waals surface area contributed by atoms with Crippen LogP contribution in [0.5, 0.6) is 11.5 Å². The molecule has 0 atom stereocenters. The van der Waals surface area contributed by atoms with Crippen LogP contribution in [-0.2, 0) is 16.1 Å². The number of esters is 1. The Morgan fingerprint density at radius 1 is 1.00 bits per heavy atom. The normalized spacial score (nSPS) is 10.0. The van der Waals surface area contributed by atoms with Gasteiger partial charge in [-0.25, -0.2) is 4.79 Å². The molecule has 0 fully saturated rings. The van der Waals surface area contributed by atoms with E-state index in [4.69, 9.17) is 14.2 Å². The van der Waals surface area contributed by atoms with E-state index >= 15 is 0 Å². The molecular weight excluding hydrogens is 296 g/mol. The molecule has 0 saturated carbocycles. The van der Waals surface area contributed by atoms with Gasteiger partial charge in [0.15, 0.2) is 23.9 Å². The van der Waals surface area contributed by atoms with E-state index in [-0.39, 0.29) is 19.0 Å². The summed E-state index contributed by atoms with van der Waals surface area (Å²) in [7, 11) is 1.47. The van der Waals surface area contributed by atoms with Crippen molar-refractivity contribution in [1.82, 2.24) is 0 Å². The van der Waals surface area contributed by atoms with E-state index in [2.05, 4.69) is 0 Å². The van der Waals surface area contributed by atoms with Crippen LogP contribution in [0.2, 0.25) is 0 Å². The molecule has 0 aliphatic heterocycles. The number of Topliss-reactive ketones (excluding diaryl/α,β-unsaturated/α-hetero) is 1. The zero-order valence-corrected chi connectivity index (χ0v) is 13.1. The molecule has 0 spiro atoms. The molecule has 2 rings (SSSR count). The van der Waals surface area contributed by atoms with Crippen LogP contribution in [0.25, 0.3) is 0 Å². The molecule has 0 radical (unpaired) electrons. The molecule has 0 amide bonds. The van der Waals surface area contributed by atoms with Crippen molar-refractivity contribution in [3.05, 3.63) is 59.7 Å². The number of ketones is 1. The zero-order chi connectivity index (χ0) is 16.7. The molecule has 0 bridgehead atoms. The molecule has 0 N–H and O–H groups in total. The molecule has 5 nitrogen and oxygen atoms in total. The summed E-state index contributed by atoms with van der Waals surface area (Å²) in [5.74, 6) is 0.228. The number of benzene rings is 2. The van der Waals surface area contributed by atoms with Crippen LogP contribution in [0, 0.1) is 0 Å². The van der Waals surface area contributed by atoms with E-state index in [9.17, 15) is 9.59 Å². The van der Waals surface area contributed by atoms with Gasteiger partial charge in [-0.05, 0) is 30.7 Å². The van der Waals surface area contributed by atoms with Gasteiger partial charge in [0.1, 0.15) is 6.61 Å². The molecule has 5 heteroatoms. The first kappa shape index (κ1) is 16.5. The Kier molecular flexibility index (Phi) is 5.74.